The molecule has 2 saturated heterocycles. The van der Waals surface area contributed by atoms with Gasteiger partial charge in [-0.3, -0.25) is 23.7 Å². The Morgan fingerprint density at radius 1 is 0.863 bits per heavy atom. The van der Waals surface area contributed by atoms with E-state index >= 15 is 0 Å². The molecule has 1 saturated carbocycles. The van der Waals surface area contributed by atoms with Crippen LogP contribution in [-0.4, -0.2) is 154 Å². The second kappa shape index (κ2) is 29.3. The molecule has 16 atom stereocenters. The molecule has 0 aromatic carbocycles. The number of amides is 1. The van der Waals surface area contributed by atoms with E-state index in [-0.39, 0.29) is 61.6 Å². The molecule has 17 nitrogen and oxygen atoms in total. The summed E-state index contributed by atoms with van der Waals surface area (Å²) in [6, 6.07) is -1.18. The van der Waals surface area contributed by atoms with Gasteiger partial charge in [0.2, 0.25) is 5.79 Å². The number of hydrogen-bond acceptors (Lipinski definition) is 16. The molecule has 18 heteroatoms. The summed E-state index contributed by atoms with van der Waals surface area (Å²) in [5.74, 6) is -8.31. The van der Waals surface area contributed by atoms with E-state index in [1.807, 2.05) is 58.1 Å². The van der Waals surface area contributed by atoms with Gasteiger partial charge in [-0.1, -0.05) is 71.1 Å². The van der Waals surface area contributed by atoms with Crippen LogP contribution in [0.25, 0.3) is 0 Å². The molecule has 0 radical (unpaired) electrons. The van der Waals surface area contributed by atoms with E-state index in [9.17, 15) is 38.8 Å². The molecule has 1 aliphatic carbocycles. The van der Waals surface area contributed by atoms with Crippen molar-refractivity contribution in [1.82, 2.24) is 4.90 Å². The van der Waals surface area contributed by atoms with Crippen molar-refractivity contribution >= 4 is 36.8 Å². The van der Waals surface area contributed by atoms with Gasteiger partial charge < -0.3 is 52.6 Å². The monoisotopic (exact) mass is 1050 g/mol. The molecule has 4 aliphatic rings. The second-order valence-corrected chi connectivity index (χ2v) is 23.3. The van der Waals surface area contributed by atoms with Crippen molar-refractivity contribution in [3.05, 3.63) is 47.6 Å². The van der Waals surface area contributed by atoms with Gasteiger partial charge in [0.05, 0.1) is 43.7 Å². The number of methoxy groups -OCH3 is 4. The molecule has 0 aromatic rings. The Balaban J connectivity index is 1.68. The maximum absolute atomic E-state index is 14.6. The number of nitrogens with zero attached hydrogens (tertiary/aromatic N) is 1. The van der Waals surface area contributed by atoms with Gasteiger partial charge in [0, 0.05) is 72.2 Å². The molecule has 4 rings (SSSR count). The predicted octanol–water partition coefficient (Wildman–Crippen LogP) is 7.69. The number of esters is 1. The lowest BCUT2D eigenvalue weighted by atomic mass is 9.78. The number of Topliss-reactive ketones (excluding diaryl/α,β-unsaturated/α-hetero) is 3. The van der Waals surface area contributed by atoms with Crippen LogP contribution in [0.15, 0.2) is 47.6 Å². The average molecular weight is 1050 g/mol. The minimum Gasteiger partial charge on any atom is -0.460 e. The van der Waals surface area contributed by atoms with E-state index in [1.54, 1.807) is 41.1 Å². The van der Waals surface area contributed by atoms with Crippen LogP contribution in [0.1, 0.15) is 126 Å². The van der Waals surface area contributed by atoms with Crippen LogP contribution in [0.2, 0.25) is 0 Å². The second-order valence-electron chi connectivity index (χ2n) is 21.3. The van der Waals surface area contributed by atoms with Crippen molar-refractivity contribution in [2.24, 2.45) is 35.5 Å². The van der Waals surface area contributed by atoms with Gasteiger partial charge in [0.25, 0.3) is 11.7 Å². The minimum absolute atomic E-state index is 0.00548. The quantitative estimate of drug-likeness (QED) is 0.0828. The number of aliphatic hydroxyl groups excluding tert-OH is 1. The fourth-order valence-electron chi connectivity index (χ4n) is 10.8. The third-order valence-electron chi connectivity index (χ3n) is 15.4. The molecule has 4 unspecified atom stereocenters. The Kier molecular flexibility index (Phi) is 25.0. The maximum Gasteiger partial charge on any atom is 0.329 e. The fourth-order valence-corrected chi connectivity index (χ4v) is 12.0. The molecule has 2 bridgehead atoms. The van der Waals surface area contributed by atoms with Crippen molar-refractivity contribution in [1.29, 1.82) is 0 Å². The number of carbonyl (C=O) groups is 5. The van der Waals surface area contributed by atoms with Crippen LogP contribution < -0.4 is 0 Å². The molecular weight excluding hydrogens is 962 g/mol. The Morgan fingerprint density at radius 2 is 1.59 bits per heavy atom. The maximum atomic E-state index is 14.6. The van der Waals surface area contributed by atoms with Gasteiger partial charge in [-0.15, -0.1) is 0 Å². The average Bonchev–Trinajstić information content (AvgIpc) is 3.35. The van der Waals surface area contributed by atoms with Gasteiger partial charge in [-0.2, -0.15) is 0 Å². The fraction of sp³-hybridized carbons (Fsp3) is 0.764. The number of piperidine rings is 1. The highest BCUT2D eigenvalue weighted by Gasteiger charge is 2.53. The summed E-state index contributed by atoms with van der Waals surface area (Å²) in [7, 11) is 2.61. The van der Waals surface area contributed by atoms with Gasteiger partial charge in [0.15, 0.2) is 11.6 Å². The van der Waals surface area contributed by atoms with Gasteiger partial charge in [0.1, 0.15) is 18.2 Å². The van der Waals surface area contributed by atoms with E-state index in [4.69, 9.17) is 37.5 Å². The normalized spacial score (nSPS) is 35.9. The van der Waals surface area contributed by atoms with Crippen LogP contribution in [0.4, 0.5) is 0 Å². The smallest absolute Gasteiger partial charge is 0.329 e. The number of rotatable bonds is 12. The number of fused-ring (bicyclic) bond motifs is 3. The summed E-state index contributed by atoms with van der Waals surface area (Å²) in [6.07, 6.45) is 10.6. The Labute approximate surface area is 434 Å². The lowest BCUT2D eigenvalue weighted by molar-refractivity contribution is -0.265. The molecule has 1 amide bonds. The summed E-state index contributed by atoms with van der Waals surface area (Å²) in [5.41, 5.74) is 1.16. The van der Waals surface area contributed by atoms with Gasteiger partial charge in [-0.25, -0.2) is 4.79 Å². The highest BCUT2D eigenvalue weighted by molar-refractivity contribution is 7.53. The van der Waals surface area contributed by atoms with Crippen LogP contribution in [-0.2, 0) is 66.0 Å². The first-order valence-electron chi connectivity index (χ1n) is 26.4. The first-order chi connectivity index (χ1) is 34.5. The predicted molar refractivity (Wildman–Crippen MR) is 275 cm³/mol. The lowest BCUT2D eigenvalue weighted by Gasteiger charge is -2.42. The number of allylic oxidation sites excluding steroid dienone is 6. The zero-order valence-corrected chi connectivity index (χ0v) is 46.6. The summed E-state index contributed by atoms with van der Waals surface area (Å²) in [4.78, 5) is 72.5. The number of ether oxygens (including phenoxy) is 6. The molecule has 414 valence electrons. The Bertz CT molecular complexity index is 2020. The van der Waals surface area contributed by atoms with Crippen molar-refractivity contribution in [2.45, 2.75) is 180 Å². The third-order valence-corrected chi connectivity index (χ3v) is 16.7. The number of cyclic esters (lactones) is 1. The summed E-state index contributed by atoms with van der Waals surface area (Å²) < 4.78 is 59.5. The van der Waals surface area contributed by atoms with Crippen molar-refractivity contribution < 1.29 is 76.2 Å². The number of ketones is 3. The zero-order chi connectivity index (χ0) is 54.2. The minimum atomic E-state index is -3.43. The van der Waals surface area contributed by atoms with Gasteiger partial charge >= 0.3 is 13.6 Å². The Hall–Kier alpha value is -3.22. The van der Waals surface area contributed by atoms with Crippen LogP contribution >= 0.6 is 7.60 Å². The summed E-state index contributed by atoms with van der Waals surface area (Å²) >= 11 is 0. The highest BCUT2D eigenvalue weighted by atomic mass is 31.2. The molecule has 73 heavy (non-hydrogen) atoms. The van der Waals surface area contributed by atoms with Crippen LogP contribution in [0.5, 0.6) is 0 Å². The van der Waals surface area contributed by atoms with E-state index in [1.165, 1.54) is 25.8 Å². The molecular formula is C55H88NO16P. The lowest BCUT2D eigenvalue weighted by Crippen LogP contribution is -2.61. The molecule has 3 aliphatic heterocycles. The summed E-state index contributed by atoms with van der Waals surface area (Å²) in [5, 5.41) is 23.6. The third kappa shape index (κ3) is 17.7. The van der Waals surface area contributed by atoms with Crippen molar-refractivity contribution in [3.8, 4) is 0 Å². The first kappa shape index (κ1) is 62.3. The molecule has 3 fully saturated rings. The molecule has 2 N–H and O–H groups in total. The Morgan fingerprint density at radius 3 is 2.26 bits per heavy atom. The molecule has 0 aromatic heterocycles. The topological polar surface area (TPSA) is 220 Å². The standard InChI is InChI=1S/C55H88NO16P/c1-34-18-14-13-15-19-35(2)46(66-9)32-42-23-21-40(7)55(63,71-42)52(60)53(61)56-25-17-16-20-43(56)54(62)70-47(33-44(57)36(3)29-39(6)50(59)51(68-11)49(58)38(5)28-34)37(4)30-41-22-24-45(48(31-41)67-10)72-73(12,64)69-27-26-65-8/h13-15,18-19,29,34,37-43,45-48,50-51,59,63H,16-17,20-28,30-33H2,1-12H3/t34-,37-,38-,39?,40-,41?,42+,43+,45-,46+,47?,48-,50-,51+,55-,73?/m1/s1. The van der Waals surface area contributed by atoms with Crippen LogP contribution in [0.3, 0.4) is 0 Å². The summed E-state index contributed by atoms with van der Waals surface area (Å²) in [6.45, 7) is 14.5. The van der Waals surface area contributed by atoms with E-state index < -0.39 is 103 Å². The number of aliphatic hydroxyl groups is 2. The van der Waals surface area contributed by atoms with E-state index in [0.29, 0.717) is 64.2 Å². The van der Waals surface area contributed by atoms with Crippen LogP contribution in [0, 0.1) is 35.5 Å². The number of hydrogen-bond donors (Lipinski definition) is 2. The molecule has 3 heterocycles. The van der Waals surface area contributed by atoms with Crippen molar-refractivity contribution in [3.63, 3.8) is 0 Å². The SMILES string of the molecule is COCCOP(C)(=O)O[C@@H]1CCC(C[C@@H](C)C2CC(=O)C(C)=CC(C)[C@@H](O)[C@@H](OC)C(=O)[C@H](C)C[C@H](C)C=CC=CC=C(C)[C@@H](OC)C[C@@H]3CC[C@@H](C)[C@@](O)(O3)C(=O)C(=O)N3CCCC[C@H]3C(=O)O2)C[C@H]1OC. The molecule has 0 spiro atoms. The van der Waals surface area contributed by atoms with Crippen molar-refractivity contribution in [2.75, 3.05) is 54.9 Å². The first-order valence-corrected chi connectivity index (χ1v) is 28.4. The van der Waals surface area contributed by atoms with E-state index in [2.05, 4.69) is 0 Å². The highest BCUT2D eigenvalue weighted by Crippen LogP contribution is 2.48. The largest absolute Gasteiger partial charge is 0.460 e. The number of carbonyl (C=O) groups excluding carboxylic acids is 5. The van der Waals surface area contributed by atoms with E-state index in [0.717, 1.165) is 5.57 Å². The van der Waals surface area contributed by atoms with Gasteiger partial charge in [-0.05, 0) is 107 Å². The zero-order valence-electron chi connectivity index (χ0n) is 45.7.